The highest BCUT2D eigenvalue weighted by molar-refractivity contribution is 6.11. The fourth-order valence-electron chi connectivity index (χ4n) is 2.41. The van der Waals surface area contributed by atoms with Crippen molar-refractivity contribution in [3.05, 3.63) is 64.7 Å². The molecule has 0 saturated heterocycles. The largest absolute Gasteiger partial charge is 0.508 e. The van der Waals surface area contributed by atoms with Gasteiger partial charge in [0, 0.05) is 16.7 Å². The van der Waals surface area contributed by atoms with Crippen LogP contribution in [-0.2, 0) is 12.8 Å². The summed E-state index contributed by atoms with van der Waals surface area (Å²) in [5.74, 6) is 0.243. The Bertz CT molecular complexity index is 600. The Labute approximate surface area is 99.5 Å². The number of aromatic hydroxyl groups is 1. The van der Waals surface area contributed by atoms with Crippen molar-refractivity contribution in [2.45, 2.75) is 12.8 Å². The summed E-state index contributed by atoms with van der Waals surface area (Å²) in [5, 5.41) is 9.83. The van der Waals surface area contributed by atoms with Crippen molar-refractivity contribution >= 4 is 5.78 Å². The normalized spacial score (nSPS) is 13.8. The van der Waals surface area contributed by atoms with Crippen LogP contribution in [0.25, 0.3) is 0 Å². The first-order valence-corrected chi connectivity index (χ1v) is 5.71. The molecular formula is C15H12O2. The average molecular weight is 224 g/mol. The number of carbonyl (C=O) groups excluding carboxylic acids is 1. The topological polar surface area (TPSA) is 37.3 Å². The zero-order valence-electron chi connectivity index (χ0n) is 9.31. The summed E-state index contributed by atoms with van der Waals surface area (Å²) in [6, 6.07) is 12.8. The van der Waals surface area contributed by atoms with E-state index in [0.29, 0.717) is 12.0 Å². The summed E-state index contributed by atoms with van der Waals surface area (Å²) in [6.45, 7) is 0. The number of ketones is 1. The molecule has 3 rings (SSSR count). The molecule has 0 atom stereocenters. The fraction of sp³-hybridized carbons (Fsp3) is 0.133. The van der Waals surface area contributed by atoms with Crippen LogP contribution in [0.3, 0.4) is 0 Å². The lowest BCUT2D eigenvalue weighted by Crippen LogP contribution is -2.03. The molecule has 0 fully saturated rings. The Balaban J connectivity index is 2.24. The number of hydrogen-bond acceptors (Lipinski definition) is 2. The maximum Gasteiger partial charge on any atom is 0.193 e. The van der Waals surface area contributed by atoms with E-state index in [1.807, 2.05) is 24.3 Å². The van der Waals surface area contributed by atoms with Gasteiger partial charge in [0.2, 0.25) is 0 Å². The monoisotopic (exact) mass is 224 g/mol. The molecule has 2 heteroatoms. The van der Waals surface area contributed by atoms with E-state index in [1.54, 1.807) is 18.2 Å². The summed E-state index contributed by atoms with van der Waals surface area (Å²) < 4.78 is 0. The Morgan fingerprint density at radius 2 is 1.65 bits per heavy atom. The Kier molecular flexibility index (Phi) is 2.22. The highest BCUT2D eigenvalue weighted by atomic mass is 16.3. The van der Waals surface area contributed by atoms with Crippen LogP contribution in [-0.4, -0.2) is 10.9 Å². The van der Waals surface area contributed by atoms with Gasteiger partial charge in [0.15, 0.2) is 5.78 Å². The average Bonchev–Trinajstić information content (AvgIpc) is 2.50. The Hall–Kier alpha value is -2.09. The molecule has 1 aliphatic carbocycles. The van der Waals surface area contributed by atoms with Crippen LogP contribution in [0.4, 0.5) is 0 Å². The van der Waals surface area contributed by atoms with Gasteiger partial charge >= 0.3 is 0 Å². The minimum atomic E-state index is 0.0176. The smallest absolute Gasteiger partial charge is 0.193 e. The zero-order valence-corrected chi connectivity index (χ0v) is 9.31. The predicted octanol–water partition coefficient (Wildman–Crippen LogP) is 2.72. The van der Waals surface area contributed by atoms with Gasteiger partial charge in [-0.25, -0.2) is 0 Å². The van der Waals surface area contributed by atoms with E-state index < -0.39 is 0 Å². The van der Waals surface area contributed by atoms with Crippen LogP contribution in [0.2, 0.25) is 0 Å². The molecule has 0 aliphatic heterocycles. The van der Waals surface area contributed by atoms with Crippen LogP contribution in [0.5, 0.6) is 5.75 Å². The summed E-state index contributed by atoms with van der Waals surface area (Å²) in [5.41, 5.74) is 3.23. The first-order valence-electron chi connectivity index (χ1n) is 5.71. The summed E-state index contributed by atoms with van der Waals surface area (Å²) in [6.07, 6.45) is 1.51. The van der Waals surface area contributed by atoms with E-state index in [-0.39, 0.29) is 11.5 Å². The van der Waals surface area contributed by atoms with Crippen LogP contribution < -0.4 is 0 Å². The molecule has 0 radical (unpaired) electrons. The third-order valence-corrected chi connectivity index (χ3v) is 3.30. The Morgan fingerprint density at radius 3 is 2.53 bits per heavy atom. The maximum absolute atomic E-state index is 12.4. The highest BCUT2D eigenvalue weighted by Gasteiger charge is 2.22. The molecule has 0 saturated carbocycles. The molecule has 2 aromatic rings. The summed E-state index contributed by atoms with van der Waals surface area (Å²) in [7, 11) is 0. The number of hydrogen-bond donors (Lipinski definition) is 1. The molecule has 0 heterocycles. The van der Waals surface area contributed by atoms with Gasteiger partial charge in [-0.1, -0.05) is 36.4 Å². The van der Waals surface area contributed by atoms with Crippen molar-refractivity contribution in [2.75, 3.05) is 0 Å². The van der Waals surface area contributed by atoms with E-state index in [0.717, 1.165) is 23.1 Å². The molecule has 0 amide bonds. The molecule has 0 unspecified atom stereocenters. The van der Waals surface area contributed by atoms with Gasteiger partial charge < -0.3 is 5.11 Å². The van der Waals surface area contributed by atoms with E-state index in [2.05, 4.69) is 0 Å². The first kappa shape index (κ1) is 10.1. The first-order chi connectivity index (χ1) is 8.27. The number of aryl methyl sites for hydroxylation is 1. The van der Waals surface area contributed by atoms with E-state index in [4.69, 9.17) is 0 Å². The molecule has 0 aromatic heterocycles. The molecule has 2 nitrogen and oxygen atoms in total. The van der Waals surface area contributed by atoms with Crippen LogP contribution in [0.15, 0.2) is 42.5 Å². The SMILES string of the molecule is O=C1c2ccccc2CCc2c(O)cccc21. The molecule has 2 aromatic carbocycles. The lowest BCUT2D eigenvalue weighted by atomic mass is 9.99. The predicted molar refractivity (Wildman–Crippen MR) is 65.4 cm³/mol. The van der Waals surface area contributed by atoms with Crippen LogP contribution in [0.1, 0.15) is 27.0 Å². The number of carbonyl (C=O) groups is 1. The third kappa shape index (κ3) is 1.53. The van der Waals surface area contributed by atoms with Crippen molar-refractivity contribution in [3.63, 3.8) is 0 Å². The molecular weight excluding hydrogens is 212 g/mol. The second kappa shape index (κ2) is 3.74. The molecule has 1 aliphatic rings. The van der Waals surface area contributed by atoms with Gasteiger partial charge in [-0.3, -0.25) is 4.79 Å². The zero-order chi connectivity index (χ0) is 11.8. The lowest BCUT2D eigenvalue weighted by molar-refractivity contribution is 0.103. The minimum absolute atomic E-state index is 0.0176. The van der Waals surface area contributed by atoms with Crippen molar-refractivity contribution < 1.29 is 9.90 Å². The van der Waals surface area contributed by atoms with Gasteiger partial charge in [0.25, 0.3) is 0 Å². The van der Waals surface area contributed by atoms with Crippen molar-refractivity contribution in [3.8, 4) is 5.75 Å². The molecule has 0 spiro atoms. The summed E-state index contributed by atoms with van der Waals surface area (Å²) >= 11 is 0. The van der Waals surface area contributed by atoms with Crippen molar-refractivity contribution in [1.82, 2.24) is 0 Å². The van der Waals surface area contributed by atoms with E-state index >= 15 is 0 Å². The fourth-order valence-corrected chi connectivity index (χ4v) is 2.41. The Morgan fingerprint density at radius 1 is 0.882 bits per heavy atom. The van der Waals surface area contributed by atoms with Gasteiger partial charge in [0.1, 0.15) is 5.75 Å². The van der Waals surface area contributed by atoms with E-state index in [9.17, 15) is 9.90 Å². The number of phenols is 1. The molecule has 17 heavy (non-hydrogen) atoms. The third-order valence-electron chi connectivity index (χ3n) is 3.30. The standard InChI is InChI=1S/C15H12O2/c16-14-7-3-6-13-12(14)9-8-10-4-1-2-5-11(10)15(13)17/h1-7,16H,8-9H2. The number of rotatable bonds is 0. The quantitative estimate of drug-likeness (QED) is 0.747. The minimum Gasteiger partial charge on any atom is -0.508 e. The van der Waals surface area contributed by atoms with Crippen LogP contribution in [0, 0.1) is 0 Å². The van der Waals surface area contributed by atoms with Gasteiger partial charge in [0.05, 0.1) is 0 Å². The van der Waals surface area contributed by atoms with Gasteiger partial charge in [-0.05, 0) is 24.5 Å². The lowest BCUT2D eigenvalue weighted by Gasteiger charge is -2.06. The van der Waals surface area contributed by atoms with Crippen molar-refractivity contribution in [2.24, 2.45) is 0 Å². The molecule has 1 N–H and O–H groups in total. The molecule has 84 valence electrons. The van der Waals surface area contributed by atoms with Crippen LogP contribution >= 0.6 is 0 Å². The highest BCUT2D eigenvalue weighted by Crippen LogP contribution is 2.29. The number of fused-ring (bicyclic) bond motifs is 2. The maximum atomic E-state index is 12.4. The van der Waals surface area contributed by atoms with Gasteiger partial charge in [-0.15, -0.1) is 0 Å². The number of benzene rings is 2. The van der Waals surface area contributed by atoms with E-state index in [1.165, 1.54) is 0 Å². The number of phenolic OH excluding ortho intramolecular Hbond substituents is 1. The second-order valence-electron chi connectivity index (χ2n) is 4.29. The van der Waals surface area contributed by atoms with Gasteiger partial charge in [-0.2, -0.15) is 0 Å². The summed E-state index contributed by atoms with van der Waals surface area (Å²) in [4.78, 5) is 12.4. The molecule has 0 bridgehead atoms. The van der Waals surface area contributed by atoms with Crippen molar-refractivity contribution in [1.29, 1.82) is 0 Å². The second-order valence-corrected chi connectivity index (χ2v) is 4.29.